The van der Waals surface area contributed by atoms with Crippen LogP contribution in [0, 0.1) is 0 Å². The molecule has 0 aromatic heterocycles. The van der Waals surface area contributed by atoms with E-state index in [4.69, 9.17) is 9.84 Å². The van der Waals surface area contributed by atoms with Crippen molar-refractivity contribution in [2.45, 2.75) is 32.6 Å². The maximum atomic E-state index is 9.60. The summed E-state index contributed by atoms with van der Waals surface area (Å²) in [5, 5.41) is 7.89. The van der Waals surface area contributed by atoms with Crippen molar-refractivity contribution in [3.05, 3.63) is 144 Å². The van der Waals surface area contributed by atoms with Gasteiger partial charge in [0.2, 0.25) is 0 Å². The predicted molar refractivity (Wildman–Crippen MR) is 143 cm³/mol. The van der Waals surface area contributed by atoms with Gasteiger partial charge in [0, 0.05) is 28.5 Å². The number of hydrogen-bond acceptors (Lipinski definition) is 2. The van der Waals surface area contributed by atoms with Crippen molar-refractivity contribution in [3.63, 3.8) is 0 Å². The van der Waals surface area contributed by atoms with E-state index in [-0.39, 0.29) is 17.4 Å². The maximum absolute atomic E-state index is 9.60. The van der Waals surface area contributed by atoms with Crippen LogP contribution in [0.5, 0.6) is 11.5 Å². The fourth-order valence-electron chi connectivity index (χ4n) is 3.82. The van der Waals surface area contributed by atoms with E-state index in [2.05, 4.69) is 117 Å². The van der Waals surface area contributed by atoms with Gasteiger partial charge in [-0.05, 0) is 30.2 Å². The van der Waals surface area contributed by atoms with E-state index in [0.29, 0.717) is 0 Å². The third kappa shape index (κ3) is 6.94. The Morgan fingerprint density at radius 2 is 0.971 bits per heavy atom. The standard InChI is InChI=1S/C28H26O.C4H6O2/c1-21(23-13-5-3-6-14-23)25-17-9-11-19-27(25)29-28-20-12-10-18-26(28)22(2)24-15-7-4-8-16-24;1-3(2)4(5)6/h3-22H,1-2H3;1H2,2H3,(H,5,6). The van der Waals surface area contributed by atoms with Gasteiger partial charge in [-0.2, -0.15) is 0 Å². The first-order valence-corrected chi connectivity index (χ1v) is 11.7. The first-order valence-electron chi connectivity index (χ1n) is 11.7. The number of carboxylic acid groups (broad SMARTS) is 1. The summed E-state index contributed by atoms with van der Waals surface area (Å²) in [5.74, 6) is 1.40. The summed E-state index contributed by atoms with van der Waals surface area (Å²) in [7, 11) is 0. The quantitative estimate of drug-likeness (QED) is 0.279. The number of para-hydroxylation sites is 2. The normalized spacial score (nSPS) is 12.0. The Kier molecular flexibility index (Phi) is 9.02. The molecule has 35 heavy (non-hydrogen) atoms. The summed E-state index contributed by atoms with van der Waals surface area (Å²) < 4.78 is 6.53. The van der Waals surface area contributed by atoms with Gasteiger partial charge in [-0.15, -0.1) is 0 Å². The van der Waals surface area contributed by atoms with Crippen LogP contribution in [0.15, 0.2) is 121 Å². The Labute approximate surface area is 208 Å². The molecule has 0 aliphatic rings. The van der Waals surface area contributed by atoms with Crippen LogP contribution in [0.3, 0.4) is 0 Å². The Hall–Kier alpha value is -4.11. The lowest BCUT2D eigenvalue weighted by molar-refractivity contribution is -0.132. The molecule has 2 unspecified atom stereocenters. The van der Waals surface area contributed by atoms with Crippen LogP contribution < -0.4 is 4.74 Å². The molecule has 4 aromatic rings. The monoisotopic (exact) mass is 464 g/mol. The van der Waals surface area contributed by atoms with E-state index in [1.165, 1.54) is 29.2 Å². The van der Waals surface area contributed by atoms with E-state index < -0.39 is 5.97 Å². The predicted octanol–water partition coefficient (Wildman–Crippen LogP) is 8.43. The third-order valence-corrected chi connectivity index (χ3v) is 5.96. The van der Waals surface area contributed by atoms with E-state index in [9.17, 15) is 4.79 Å². The molecule has 178 valence electrons. The van der Waals surface area contributed by atoms with Crippen molar-refractivity contribution < 1.29 is 14.6 Å². The fourth-order valence-corrected chi connectivity index (χ4v) is 3.82. The summed E-state index contributed by atoms with van der Waals surface area (Å²) in [6.07, 6.45) is 0. The minimum Gasteiger partial charge on any atom is -0.478 e. The first-order chi connectivity index (χ1) is 16.9. The molecular formula is C32H32O3. The van der Waals surface area contributed by atoms with Crippen LogP contribution >= 0.6 is 0 Å². The van der Waals surface area contributed by atoms with E-state index in [1.807, 2.05) is 12.1 Å². The zero-order valence-corrected chi connectivity index (χ0v) is 20.5. The number of carbonyl (C=O) groups is 1. The van der Waals surface area contributed by atoms with Crippen LogP contribution in [0.4, 0.5) is 0 Å². The number of benzene rings is 4. The number of hydrogen-bond donors (Lipinski definition) is 1. The third-order valence-electron chi connectivity index (χ3n) is 5.96. The van der Waals surface area contributed by atoms with Gasteiger partial charge >= 0.3 is 5.97 Å². The smallest absolute Gasteiger partial charge is 0.330 e. The van der Waals surface area contributed by atoms with Gasteiger partial charge in [-0.1, -0.05) is 117 Å². The average molecular weight is 465 g/mol. The van der Waals surface area contributed by atoms with Crippen molar-refractivity contribution in [3.8, 4) is 11.5 Å². The molecule has 0 saturated heterocycles. The summed E-state index contributed by atoms with van der Waals surface area (Å²) in [6.45, 7) is 9.07. The molecule has 3 heteroatoms. The summed E-state index contributed by atoms with van der Waals surface area (Å²) in [4.78, 5) is 9.60. The second-order valence-corrected chi connectivity index (χ2v) is 8.53. The molecular weight excluding hydrogens is 432 g/mol. The molecule has 0 heterocycles. The van der Waals surface area contributed by atoms with Crippen LogP contribution in [-0.4, -0.2) is 11.1 Å². The highest BCUT2D eigenvalue weighted by molar-refractivity contribution is 5.84. The van der Waals surface area contributed by atoms with Gasteiger partial charge < -0.3 is 9.84 Å². The van der Waals surface area contributed by atoms with Gasteiger partial charge in [0.1, 0.15) is 11.5 Å². The Morgan fingerprint density at radius 3 is 1.31 bits per heavy atom. The second kappa shape index (κ2) is 12.4. The average Bonchev–Trinajstić information content (AvgIpc) is 2.90. The molecule has 0 spiro atoms. The minimum atomic E-state index is -0.935. The number of aliphatic carboxylic acids is 1. The Balaban J connectivity index is 0.000000509. The molecule has 0 bridgehead atoms. The first kappa shape index (κ1) is 25.5. The van der Waals surface area contributed by atoms with Crippen molar-refractivity contribution in [2.24, 2.45) is 0 Å². The number of ether oxygens (including phenoxy) is 1. The van der Waals surface area contributed by atoms with Gasteiger partial charge in [0.15, 0.2) is 0 Å². The molecule has 0 aliphatic heterocycles. The van der Waals surface area contributed by atoms with Crippen LogP contribution in [-0.2, 0) is 4.79 Å². The van der Waals surface area contributed by atoms with Crippen LogP contribution in [0.25, 0.3) is 0 Å². The SMILES string of the molecule is C=C(C)C(=O)O.CC(c1ccccc1)c1ccccc1Oc1ccccc1C(C)c1ccccc1. The topological polar surface area (TPSA) is 46.5 Å². The highest BCUT2D eigenvalue weighted by atomic mass is 16.5. The Morgan fingerprint density at radius 1 is 0.657 bits per heavy atom. The Bertz CT molecular complexity index is 1150. The van der Waals surface area contributed by atoms with Gasteiger partial charge in [-0.3, -0.25) is 0 Å². The lowest BCUT2D eigenvalue weighted by Gasteiger charge is -2.21. The van der Waals surface area contributed by atoms with Crippen molar-refractivity contribution >= 4 is 5.97 Å². The minimum absolute atomic E-state index is 0.176. The molecule has 2 atom stereocenters. The van der Waals surface area contributed by atoms with E-state index in [0.717, 1.165) is 11.5 Å². The van der Waals surface area contributed by atoms with Gasteiger partial charge in [0.25, 0.3) is 0 Å². The zero-order chi connectivity index (χ0) is 25.2. The molecule has 1 N–H and O–H groups in total. The van der Waals surface area contributed by atoms with Crippen LogP contribution in [0.1, 0.15) is 54.9 Å². The van der Waals surface area contributed by atoms with Gasteiger partial charge in [0.05, 0.1) is 0 Å². The van der Waals surface area contributed by atoms with Crippen molar-refractivity contribution in [1.29, 1.82) is 0 Å². The van der Waals surface area contributed by atoms with Gasteiger partial charge in [-0.25, -0.2) is 4.79 Å². The summed E-state index contributed by atoms with van der Waals surface area (Å²) in [5.41, 5.74) is 5.14. The lowest BCUT2D eigenvalue weighted by atomic mass is 9.91. The fraction of sp³-hybridized carbons (Fsp3) is 0.156. The molecule has 0 fully saturated rings. The number of carboxylic acids is 1. The lowest BCUT2D eigenvalue weighted by Crippen LogP contribution is -2.02. The number of rotatable bonds is 7. The largest absolute Gasteiger partial charge is 0.478 e. The van der Waals surface area contributed by atoms with Crippen molar-refractivity contribution in [1.82, 2.24) is 0 Å². The molecule has 0 saturated carbocycles. The highest BCUT2D eigenvalue weighted by Crippen LogP contribution is 2.38. The van der Waals surface area contributed by atoms with Crippen LogP contribution in [0.2, 0.25) is 0 Å². The zero-order valence-electron chi connectivity index (χ0n) is 20.5. The highest BCUT2D eigenvalue weighted by Gasteiger charge is 2.17. The molecule has 0 aliphatic carbocycles. The second-order valence-electron chi connectivity index (χ2n) is 8.53. The van der Waals surface area contributed by atoms with E-state index in [1.54, 1.807) is 0 Å². The molecule has 4 aromatic carbocycles. The molecule has 0 radical (unpaired) electrons. The summed E-state index contributed by atoms with van der Waals surface area (Å²) >= 11 is 0. The maximum Gasteiger partial charge on any atom is 0.330 e. The molecule has 0 amide bonds. The summed E-state index contributed by atoms with van der Waals surface area (Å²) in [6, 6.07) is 37.9. The van der Waals surface area contributed by atoms with E-state index >= 15 is 0 Å². The van der Waals surface area contributed by atoms with Crippen molar-refractivity contribution in [2.75, 3.05) is 0 Å². The molecule has 3 nitrogen and oxygen atoms in total. The molecule has 4 rings (SSSR count).